The molecule has 3 unspecified atom stereocenters. The predicted molar refractivity (Wildman–Crippen MR) is 177 cm³/mol. The molecule has 11 nitrogen and oxygen atoms in total. The molecule has 3 atom stereocenters. The third kappa shape index (κ3) is 6.39. The molecule has 0 fully saturated rings. The van der Waals surface area contributed by atoms with Gasteiger partial charge in [0, 0.05) is 60.4 Å². The number of ether oxygens (including phenoxy) is 3. The number of anilines is 1. The van der Waals surface area contributed by atoms with Crippen molar-refractivity contribution >= 4 is 52.6 Å². The Morgan fingerprint density at radius 1 is 1.13 bits per heavy atom. The second-order valence-electron chi connectivity index (χ2n) is 11.1. The summed E-state index contributed by atoms with van der Waals surface area (Å²) < 4.78 is 17.1. The van der Waals surface area contributed by atoms with Crippen molar-refractivity contribution in [2.75, 3.05) is 32.3 Å². The van der Waals surface area contributed by atoms with E-state index < -0.39 is 40.7 Å². The van der Waals surface area contributed by atoms with Crippen LogP contribution in [0, 0.1) is 5.92 Å². The van der Waals surface area contributed by atoms with Gasteiger partial charge in [-0.3, -0.25) is 19.2 Å². The first kappa shape index (κ1) is 33.8. The molecule has 13 heteroatoms. The van der Waals surface area contributed by atoms with E-state index >= 15 is 0 Å². The Morgan fingerprint density at radius 2 is 1.85 bits per heavy atom. The summed E-state index contributed by atoms with van der Waals surface area (Å²) in [6.45, 7) is 1.66. The minimum Gasteiger partial charge on any atom is -0.507 e. The van der Waals surface area contributed by atoms with Crippen LogP contribution in [0.1, 0.15) is 48.0 Å². The number of methoxy groups -OCH3 is 2. The number of nitrogens with zero attached hydrogens (tertiary/aromatic N) is 1. The van der Waals surface area contributed by atoms with Crippen LogP contribution in [-0.2, 0) is 14.4 Å². The third-order valence-electron chi connectivity index (χ3n) is 8.37. The smallest absolute Gasteiger partial charge is 0.231 e. The Morgan fingerprint density at radius 3 is 2.49 bits per heavy atom. The summed E-state index contributed by atoms with van der Waals surface area (Å²) in [5.74, 6) is -3.47. The zero-order valence-electron chi connectivity index (χ0n) is 26.2. The van der Waals surface area contributed by atoms with Crippen LogP contribution in [0.15, 0.2) is 71.0 Å². The van der Waals surface area contributed by atoms with Gasteiger partial charge in [0.05, 0.1) is 14.2 Å². The molecule has 47 heavy (non-hydrogen) atoms. The zero-order valence-corrected chi connectivity index (χ0v) is 27.8. The second kappa shape index (κ2) is 14.1. The van der Waals surface area contributed by atoms with Crippen molar-refractivity contribution in [1.82, 2.24) is 10.3 Å². The van der Waals surface area contributed by atoms with Gasteiger partial charge in [0.1, 0.15) is 27.9 Å². The lowest BCUT2D eigenvalue weighted by Gasteiger charge is -2.38. The number of thioether (sulfide) groups is 1. The Kier molecular flexibility index (Phi) is 10.1. The number of Topliss-reactive ketones (excluding diaryl/α,β-unsaturated/α-hetero) is 2. The summed E-state index contributed by atoms with van der Waals surface area (Å²) in [5.41, 5.74) is -1.50. The van der Waals surface area contributed by atoms with Gasteiger partial charge in [-0.1, -0.05) is 36.7 Å². The van der Waals surface area contributed by atoms with Crippen LogP contribution in [-0.4, -0.2) is 66.1 Å². The predicted octanol–water partition coefficient (Wildman–Crippen LogP) is 5.53. The lowest BCUT2D eigenvalue weighted by atomic mass is 9.69. The maximum atomic E-state index is 14.2. The van der Waals surface area contributed by atoms with Crippen LogP contribution in [0.5, 0.6) is 17.2 Å². The van der Waals surface area contributed by atoms with Gasteiger partial charge in [0.25, 0.3) is 0 Å². The van der Waals surface area contributed by atoms with Crippen LogP contribution in [0.4, 0.5) is 5.82 Å². The normalized spacial score (nSPS) is 19.2. The van der Waals surface area contributed by atoms with Gasteiger partial charge >= 0.3 is 0 Å². The second-order valence-corrected chi connectivity index (χ2v) is 12.4. The molecule has 1 aliphatic carbocycles. The Hall–Kier alpha value is -4.55. The summed E-state index contributed by atoms with van der Waals surface area (Å²) in [4.78, 5) is 58.7. The first-order valence-electron chi connectivity index (χ1n) is 14.8. The number of aliphatic hydroxyl groups excluding tert-OH is 1. The van der Waals surface area contributed by atoms with E-state index in [4.69, 9.17) is 25.8 Å². The molecule has 0 saturated heterocycles. The molecule has 0 bridgehead atoms. The number of ketones is 2. The average Bonchev–Trinajstić information content (AvgIpc) is 3.38. The fourth-order valence-electron chi connectivity index (χ4n) is 5.98. The number of rotatable bonds is 11. The monoisotopic (exact) mass is 679 g/mol. The molecule has 2 aromatic carbocycles. The number of carbonyl (C=O) groups is 4. The summed E-state index contributed by atoms with van der Waals surface area (Å²) in [5, 5.41) is 17.4. The number of pyridine rings is 1. The number of aromatic nitrogens is 1. The van der Waals surface area contributed by atoms with Gasteiger partial charge in [-0.25, -0.2) is 4.98 Å². The van der Waals surface area contributed by atoms with Crippen molar-refractivity contribution in [2.24, 2.45) is 5.92 Å². The molecule has 0 radical (unpaired) electrons. The van der Waals surface area contributed by atoms with E-state index in [0.717, 1.165) is 4.90 Å². The molecule has 2 heterocycles. The van der Waals surface area contributed by atoms with Gasteiger partial charge in [0.2, 0.25) is 23.2 Å². The lowest BCUT2D eigenvalue weighted by molar-refractivity contribution is -0.121. The summed E-state index contributed by atoms with van der Waals surface area (Å²) >= 11 is 8.10. The highest BCUT2D eigenvalue weighted by molar-refractivity contribution is 7.98. The maximum absolute atomic E-state index is 14.2. The molecular weight excluding hydrogens is 646 g/mol. The third-order valence-corrected chi connectivity index (χ3v) is 9.48. The minimum atomic E-state index is -1.99. The van der Waals surface area contributed by atoms with Crippen molar-refractivity contribution in [3.8, 4) is 17.2 Å². The molecule has 0 saturated carbocycles. The molecule has 246 valence electrons. The van der Waals surface area contributed by atoms with E-state index in [1.54, 1.807) is 43.5 Å². The van der Waals surface area contributed by atoms with Crippen molar-refractivity contribution in [1.29, 1.82) is 0 Å². The number of allylic oxidation sites excluding steroid dienone is 1. The molecule has 2 amide bonds. The fourth-order valence-corrected chi connectivity index (χ4v) is 6.65. The molecule has 1 spiro atoms. The van der Waals surface area contributed by atoms with E-state index in [1.807, 2.05) is 18.4 Å². The number of hydrogen-bond acceptors (Lipinski definition) is 10. The molecule has 3 N–H and O–H groups in total. The molecule has 2 aliphatic rings. The van der Waals surface area contributed by atoms with E-state index in [2.05, 4.69) is 15.6 Å². The number of nitrogens with one attached hydrogen (secondary N) is 2. The van der Waals surface area contributed by atoms with Crippen molar-refractivity contribution in [2.45, 2.75) is 42.6 Å². The molecule has 3 aromatic rings. The average molecular weight is 680 g/mol. The van der Waals surface area contributed by atoms with Crippen molar-refractivity contribution in [3.05, 3.63) is 82.2 Å². The number of carbonyl (C=O) groups excluding carboxylic acids is 4. The first-order chi connectivity index (χ1) is 22.5. The molecule has 1 aliphatic heterocycles. The lowest BCUT2D eigenvalue weighted by Crippen LogP contribution is -2.53. The van der Waals surface area contributed by atoms with Crippen molar-refractivity contribution in [3.63, 3.8) is 0 Å². The number of aliphatic hydroxyl groups is 1. The molecular formula is C34H34ClN3O8S. The number of hydrogen-bond donors (Lipinski definition) is 3. The number of fused-ring (bicyclic) bond motifs is 1. The largest absolute Gasteiger partial charge is 0.507 e. The Bertz CT molecular complexity index is 1750. The van der Waals surface area contributed by atoms with E-state index in [1.165, 1.54) is 32.0 Å². The van der Waals surface area contributed by atoms with E-state index in [9.17, 15) is 24.3 Å². The number of halogens is 1. The van der Waals surface area contributed by atoms with Crippen molar-refractivity contribution < 1.29 is 38.5 Å². The first-order valence-corrected chi connectivity index (χ1v) is 16.4. The minimum absolute atomic E-state index is 0.0163. The topological polar surface area (TPSA) is 153 Å². The van der Waals surface area contributed by atoms with Crippen LogP contribution >= 0.6 is 23.4 Å². The Balaban J connectivity index is 1.48. The summed E-state index contributed by atoms with van der Waals surface area (Å²) in [7, 11) is 2.78. The number of benzene rings is 2. The summed E-state index contributed by atoms with van der Waals surface area (Å²) in [6.07, 6.45) is 3.05. The van der Waals surface area contributed by atoms with Crippen LogP contribution < -0.4 is 24.8 Å². The van der Waals surface area contributed by atoms with Crippen LogP contribution in [0.25, 0.3) is 0 Å². The Labute approximate surface area is 281 Å². The summed E-state index contributed by atoms with van der Waals surface area (Å²) in [6, 6.07) is 13.8. The van der Waals surface area contributed by atoms with E-state index in [0.29, 0.717) is 11.4 Å². The van der Waals surface area contributed by atoms with Gasteiger partial charge in [0.15, 0.2) is 17.3 Å². The van der Waals surface area contributed by atoms with Gasteiger partial charge in [-0.2, -0.15) is 0 Å². The standard InChI is InChI=1S/C34H34ClN3O8S/c1-18-15-22(39)28(32(42)34(18)33(43)29-23(44-2)17-24(45-3)30(35)31(29)46-34)21(19-8-10-20(47-4)11-9-19)16-27(41)37-14-12-26(40)38-25-7-5-6-13-36-25/h5-11,13,17-18,21,42H,12,14-16H2,1-4H3,(H,37,41)(H,36,38,40). The van der Waals surface area contributed by atoms with E-state index in [-0.39, 0.29) is 65.1 Å². The van der Waals surface area contributed by atoms with Gasteiger partial charge < -0.3 is 30.0 Å². The SMILES string of the molecule is COc1cc(OC)c2c(c1Cl)OC1(C2=O)C(O)=C(C(CC(=O)NCCC(=O)Nc2ccccn2)c2ccc(SC)cc2)C(=O)CC1C. The zero-order chi connectivity index (χ0) is 33.9. The fraction of sp³-hybridized carbons (Fsp3) is 0.324. The maximum Gasteiger partial charge on any atom is 0.231 e. The number of amides is 2. The van der Waals surface area contributed by atoms with Crippen LogP contribution in [0.3, 0.4) is 0 Å². The van der Waals surface area contributed by atoms with Gasteiger partial charge in [-0.15, -0.1) is 11.8 Å². The van der Waals surface area contributed by atoms with Crippen LogP contribution in [0.2, 0.25) is 5.02 Å². The quantitative estimate of drug-likeness (QED) is 0.221. The van der Waals surface area contributed by atoms with Gasteiger partial charge in [-0.05, 0) is 36.1 Å². The highest BCUT2D eigenvalue weighted by Crippen LogP contribution is 2.55. The highest BCUT2D eigenvalue weighted by atomic mass is 35.5. The molecule has 1 aromatic heterocycles. The highest BCUT2D eigenvalue weighted by Gasteiger charge is 2.61. The molecule has 5 rings (SSSR count).